The quantitative estimate of drug-likeness (QED) is 0.635. The monoisotopic (exact) mass is 266 g/mol. The van der Waals surface area contributed by atoms with Gasteiger partial charge in [0, 0.05) is 0 Å². The number of benzene rings is 1. The molecule has 1 aromatic carbocycles. The zero-order valence-corrected chi connectivity index (χ0v) is 11.0. The van der Waals surface area contributed by atoms with Gasteiger partial charge >= 0.3 is 5.97 Å². The van der Waals surface area contributed by atoms with Crippen LogP contribution >= 0.6 is 11.6 Å². The fourth-order valence-corrected chi connectivity index (χ4v) is 1.52. The van der Waals surface area contributed by atoms with Gasteiger partial charge in [0.1, 0.15) is 6.54 Å². The Balaban J connectivity index is 2.44. The molecule has 0 bridgehead atoms. The molecule has 18 heavy (non-hydrogen) atoms. The number of esters is 1. The minimum Gasteiger partial charge on any atom is -0.464 e. The van der Waals surface area contributed by atoms with Gasteiger partial charge in [-0.25, -0.2) is 0 Å². The Hall–Kier alpha value is -1.73. The molecular weight excluding hydrogens is 252 g/mol. The number of hydrogen-bond acceptors (Lipinski definition) is 4. The summed E-state index contributed by atoms with van der Waals surface area (Å²) in [6, 6.07) is 6.84. The molecule has 0 unspecified atom stereocenters. The Labute approximate surface area is 112 Å². The minimum absolute atomic E-state index is 0.0648. The normalized spacial score (nSPS) is 9.61. The number of carbonyl (C=O) groups excluding carboxylic acids is 1. The smallest absolute Gasteiger partial charge is 0.325 e. The molecule has 0 saturated heterocycles. The van der Waals surface area contributed by atoms with Gasteiger partial charge in [-0.1, -0.05) is 24.9 Å². The lowest BCUT2D eigenvalue weighted by atomic mass is 10.2. The molecule has 0 fully saturated rings. The van der Waals surface area contributed by atoms with Crippen LogP contribution in [0.15, 0.2) is 18.2 Å². The van der Waals surface area contributed by atoms with Crippen molar-refractivity contribution >= 4 is 23.3 Å². The summed E-state index contributed by atoms with van der Waals surface area (Å²) in [5, 5.41) is 12.0. The highest BCUT2D eigenvalue weighted by Crippen LogP contribution is 2.22. The Bertz CT molecular complexity index is 455. The van der Waals surface area contributed by atoms with E-state index in [0.717, 1.165) is 12.8 Å². The molecule has 1 N–H and O–H groups in total. The molecule has 0 aliphatic rings. The van der Waals surface area contributed by atoms with Crippen molar-refractivity contribution in [2.75, 3.05) is 18.5 Å². The number of nitriles is 1. The van der Waals surface area contributed by atoms with Crippen LogP contribution in [-0.4, -0.2) is 19.1 Å². The number of carbonyl (C=O) groups is 1. The molecule has 1 aromatic rings. The molecular formula is C13H15ClN2O2. The Morgan fingerprint density at radius 2 is 2.33 bits per heavy atom. The third kappa shape index (κ3) is 4.64. The first-order chi connectivity index (χ1) is 8.67. The highest BCUT2D eigenvalue weighted by Gasteiger charge is 2.05. The first kappa shape index (κ1) is 14.3. The van der Waals surface area contributed by atoms with E-state index in [2.05, 4.69) is 5.32 Å². The second-order valence-corrected chi connectivity index (χ2v) is 4.14. The molecule has 0 saturated carbocycles. The second kappa shape index (κ2) is 7.57. The molecule has 5 heteroatoms. The number of anilines is 1. The van der Waals surface area contributed by atoms with E-state index < -0.39 is 0 Å². The number of unbranched alkanes of at least 4 members (excludes halogenated alkanes) is 1. The van der Waals surface area contributed by atoms with Crippen LogP contribution in [0.1, 0.15) is 25.3 Å². The van der Waals surface area contributed by atoms with Gasteiger partial charge < -0.3 is 10.1 Å². The lowest BCUT2D eigenvalue weighted by molar-refractivity contribution is -0.141. The van der Waals surface area contributed by atoms with Crippen LogP contribution in [0.3, 0.4) is 0 Å². The number of nitrogens with zero attached hydrogens (tertiary/aromatic N) is 1. The van der Waals surface area contributed by atoms with Crippen LogP contribution in [0.5, 0.6) is 0 Å². The Kier molecular flexibility index (Phi) is 6.03. The van der Waals surface area contributed by atoms with Crippen molar-refractivity contribution < 1.29 is 9.53 Å². The van der Waals surface area contributed by atoms with Crippen molar-refractivity contribution in [2.24, 2.45) is 0 Å². The maximum Gasteiger partial charge on any atom is 0.325 e. The molecule has 0 aliphatic heterocycles. The number of nitrogens with one attached hydrogen (secondary N) is 1. The van der Waals surface area contributed by atoms with Gasteiger partial charge in [-0.15, -0.1) is 0 Å². The number of halogens is 1. The van der Waals surface area contributed by atoms with Crippen LogP contribution in [0, 0.1) is 11.3 Å². The lowest BCUT2D eigenvalue weighted by Gasteiger charge is -2.08. The van der Waals surface area contributed by atoms with E-state index in [1.165, 1.54) is 0 Å². The van der Waals surface area contributed by atoms with Crippen molar-refractivity contribution in [1.29, 1.82) is 5.26 Å². The van der Waals surface area contributed by atoms with E-state index in [9.17, 15) is 4.79 Å². The van der Waals surface area contributed by atoms with E-state index in [-0.39, 0.29) is 12.5 Å². The van der Waals surface area contributed by atoms with Crippen LogP contribution < -0.4 is 5.32 Å². The molecule has 0 atom stereocenters. The predicted molar refractivity (Wildman–Crippen MR) is 70.5 cm³/mol. The average molecular weight is 267 g/mol. The highest BCUT2D eigenvalue weighted by molar-refractivity contribution is 6.33. The molecule has 96 valence electrons. The average Bonchev–Trinajstić information content (AvgIpc) is 2.37. The predicted octanol–water partition coefficient (Wildman–Crippen LogP) is 2.97. The maximum absolute atomic E-state index is 11.3. The van der Waals surface area contributed by atoms with Gasteiger partial charge in [-0.05, 0) is 24.6 Å². The number of hydrogen-bond donors (Lipinski definition) is 1. The molecule has 0 amide bonds. The molecule has 0 radical (unpaired) electrons. The van der Waals surface area contributed by atoms with Crippen molar-refractivity contribution in [3.05, 3.63) is 28.8 Å². The van der Waals surface area contributed by atoms with Crippen LogP contribution in [0.4, 0.5) is 5.69 Å². The van der Waals surface area contributed by atoms with Gasteiger partial charge in [0.2, 0.25) is 0 Å². The zero-order chi connectivity index (χ0) is 13.4. The largest absolute Gasteiger partial charge is 0.464 e. The fraction of sp³-hybridized carbons (Fsp3) is 0.385. The highest BCUT2D eigenvalue weighted by atomic mass is 35.5. The molecule has 0 aromatic heterocycles. The summed E-state index contributed by atoms with van der Waals surface area (Å²) in [6.45, 7) is 2.54. The number of ether oxygens (including phenoxy) is 1. The van der Waals surface area contributed by atoms with E-state index in [1.807, 2.05) is 13.0 Å². The maximum atomic E-state index is 11.3. The van der Waals surface area contributed by atoms with E-state index >= 15 is 0 Å². The molecule has 4 nitrogen and oxygen atoms in total. The standard InChI is InChI=1S/C13H15ClN2O2/c1-2-3-6-18-13(17)9-16-12-5-4-10(8-15)7-11(12)14/h4-5,7,16H,2-3,6,9H2,1H3. The first-order valence-electron chi connectivity index (χ1n) is 5.76. The zero-order valence-electron chi connectivity index (χ0n) is 10.2. The Morgan fingerprint density at radius 1 is 1.56 bits per heavy atom. The van der Waals surface area contributed by atoms with Crippen LogP contribution in [-0.2, 0) is 9.53 Å². The van der Waals surface area contributed by atoms with Crippen molar-refractivity contribution in [3.8, 4) is 6.07 Å². The summed E-state index contributed by atoms with van der Waals surface area (Å²) >= 11 is 5.95. The molecule has 0 spiro atoms. The van der Waals surface area contributed by atoms with Crippen molar-refractivity contribution in [2.45, 2.75) is 19.8 Å². The van der Waals surface area contributed by atoms with Gasteiger partial charge in [0.05, 0.1) is 28.9 Å². The van der Waals surface area contributed by atoms with E-state index in [4.69, 9.17) is 21.6 Å². The summed E-state index contributed by atoms with van der Waals surface area (Å²) in [7, 11) is 0. The van der Waals surface area contributed by atoms with E-state index in [0.29, 0.717) is 22.9 Å². The first-order valence-corrected chi connectivity index (χ1v) is 6.14. The topological polar surface area (TPSA) is 62.1 Å². The van der Waals surface area contributed by atoms with Gasteiger partial charge in [0.15, 0.2) is 0 Å². The molecule has 0 aliphatic carbocycles. The Morgan fingerprint density at radius 3 is 2.94 bits per heavy atom. The summed E-state index contributed by atoms with van der Waals surface area (Å²) in [5.41, 5.74) is 1.10. The fourth-order valence-electron chi connectivity index (χ4n) is 1.28. The summed E-state index contributed by atoms with van der Waals surface area (Å²) in [6.07, 6.45) is 1.85. The summed E-state index contributed by atoms with van der Waals surface area (Å²) < 4.78 is 4.99. The molecule has 1 rings (SSSR count). The SMILES string of the molecule is CCCCOC(=O)CNc1ccc(C#N)cc1Cl. The lowest BCUT2D eigenvalue weighted by Crippen LogP contribution is -2.17. The van der Waals surface area contributed by atoms with E-state index in [1.54, 1.807) is 18.2 Å². The summed E-state index contributed by atoms with van der Waals surface area (Å²) in [4.78, 5) is 11.3. The third-order valence-corrected chi connectivity index (χ3v) is 2.60. The second-order valence-electron chi connectivity index (χ2n) is 3.73. The minimum atomic E-state index is -0.316. The van der Waals surface area contributed by atoms with Crippen LogP contribution in [0.2, 0.25) is 5.02 Å². The van der Waals surface area contributed by atoms with Crippen molar-refractivity contribution in [1.82, 2.24) is 0 Å². The number of rotatable bonds is 6. The van der Waals surface area contributed by atoms with Crippen molar-refractivity contribution in [3.63, 3.8) is 0 Å². The third-order valence-electron chi connectivity index (χ3n) is 2.28. The summed E-state index contributed by atoms with van der Waals surface area (Å²) in [5.74, 6) is -0.316. The molecule has 0 heterocycles. The van der Waals surface area contributed by atoms with Gasteiger partial charge in [0.25, 0.3) is 0 Å². The van der Waals surface area contributed by atoms with Crippen LogP contribution in [0.25, 0.3) is 0 Å². The van der Waals surface area contributed by atoms with Gasteiger partial charge in [-0.2, -0.15) is 5.26 Å². The van der Waals surface area contributed by atoms with Gasteiger partial charge in [-0.3, -0.25) is 4.79 Å².